The Morgan fingerprint density at radius 1 is 1.38 bits per heavy atom. The van der Waals surface area contributed by atoms with Gasteiger partial charge in [-0.15, -0.1) is 0 Å². The quantitative estimate of drug-likeness (QED) is 0.745. The van der Waals surface area contributed by atoms with E-state index in [1.807, 2.05) is 18.2 Å². The Hall–Kier alpha value is -0.600. The first kappa shape index (κ1) is 13.5. The van der Waals surface area contributed by atoms with Crippen LogP contribution in [0.4, 0.5) is 0 Å². The number of ether oxygens (including phenoxy) is 1. The highest BCUT2D eigenvalue weighted by atomic mass is 79.9. The first-order chi connectivity index (χ1) is 7.72. The van der Waals surface area contributed by atoms with Crippen LogP contribution in [0.25, 0.3) is 0 Å². The zero-order valence-electron chi connectivity index (χ0n) is 9.95. The molecule has 1 rings (SSSR count). The minimum atomic E-state index is 0.503. The van der Waals surface area contributed by atoms with Gasteiger partial charge in [0.15, 0.2) is 0 Å². The van der Waals surface area contributed by atoms with Crippen LogP contribution in [0.15, 0.2) is 40.9 Å². The Balaban J connectivity index is 2.32. The summed E-state index contributed by atoms with van der Waals surface area (Å²) in [4.78, 5) is 0. The van der Waals surface area contributed by atoms with Crippen molar-refractivity contribution in [3.05, 3.63) is 46.5 Å². The summed E-state index contributed by atoms with van der Waals surface area (Å²) >= 11 is 3.46. The Kier molecular flexibility index (Phi) is 6.43. The summed E-state index contributed by atoms with van der Waals surface area (Å²) in [7, 11) is 0. The Morgan fingerprint density at radius 2 is 2.06 bits per heavy atom. The van der Waals surface area contributed by atoms with E-state index in [9.17, 15) is 0 Å². The number of allylic oxidation sites excluding steroid dienone is 1. The smallest absolute Gasteiger partial charge is 0.0717 e. The van der Waals surface area contributed by atoms with Crippen LogP contribution < -0.4 is 0 Å². The van der Waals surface area contributed by atoms with E-state index in [1.54, 1.807) is 0 Å². The van der Waals surface area contributed by atoms with Gasteiger partial charge in [-0.05, 0) is 23.4 Å². The average molecular weight is 283 g/mol. The third-order valence-electron chi connectivity index (χ3n) is 2.43. The maximum Gasteiger partial charge on any atom is 0.0717 e. The molecule has 88 valence electrons. The van der Waals surface area contributed by atoms with Crippen molar-refractivity contribution in [3.63, 3.8) is 0 Å². The molecule has 0 aliphatic carbocycles. The average Bonchev–Trinajstić information content (AvgIpc) is 2.28. The molecule has 16 heavy (non-hydrogen) atoms. The molecule has 1 nitrogen and oxygen atoms in total. The number of hydrogen-bond donors (Lipinski definition) is 0. The maximum absolute atomic E-state index is 5.71. The molecule has 0 heterocycles. The van der Waals surface area contributed by atoms with Crippen molar-refractivity contribution in [1.82, 2.24) is 0 Å². The predicted molar refractivity (Wildman–Crippen MR) is 72.6 cm³/mol. The van der Waals surface area contributed by atoms with Gasteiger partial charge in [-0.2, -0.15) is 0 Å². The predicted octanol–water partition coefficient (Wildman–Crippen LogP) is 4.53. The SMILES string of the molecule is CC[C@H](/C=C(/C)Br)COCc1ccccc1. The zero-order valence-corrected chi connectivity index (χ0v) is 11.5. The van der Waals surface area contributed by atoms with E-state index < -0.39 is 0 Å². The van der Waals surface area contributed by atoms with Crippen LogP contribution in [0, 0.1) is 5.92 Å². The minimum Gasteiger partial charge on any atom is -0.376 e. The second-order valence-electron chi connectivity index (χ2n) is 3.92. The van der Waals surface area contributed by atoms with Crippen molar-refractivity contribution in [2.45, 2.75) is 26.9 Å². The molecule has 0 amide bonds. The highest BCUT2D eigenvalue weighted by molar-refractivity contribution is 9.11. The summed E-state index contributed by atoms with van der Waals surface area (Å²) in [5, 5.41) is 0. The van der Waals surface area contributed by atoms with Crippen molar-refractivity contribution in [1.29, 1.82) is 0 Å². The summed E-state index contributed by atoms with van der Waals surface area (Å²) in [5.74, 6) is 0.503. The van der Waals surface area contributed by atoms with Crippen molar-refractivity contribution < 1.29 is 4.74 Å². The zero-order chi connectivity index (χ0) is 11.8. The maximum atomic E-state index is 5.71. The lowest BCUT2D eigenvalue weighted by Crippen LogP contribution is -2.06. The Bertz CT molecular complexity index is 315. The molecule has 0 aromatic heterocycles. The van der Waals surface area contributed by atoms with Crippen LogP contribution in [-0.4, -0.2) is 6.61 Å². The van der Waals surface area contributed by atoms with Gasteiger partial charge in [0, 0.05) is 5.92 Å². The Labute approximate surface area is 107 Å². The lowest BCUT2D eigenvalue weighted by atomic mass is 10.1. The molecule has 1 atom stereocenters. The molecule has 0 aliphatic heterocycles. The van der Waals surface area contributed by atoms with Gasteiger partial charge in [-0.3, -0.25) is 0 Å². The van der Waals surface area contributed by atoms with Gasteiger partial charge in [0.2, 0.25) is 0 Å². The topological polar surface area (TPSA) is 9.23 Å². The van der Waals surface area contributed by atoms with E-state index in [0.717, 1.165) is 13.0 Å². The molecule has 0 fully saturated rings. The molecule has 1 aromatic rings. The number of benzene rings is 1. The molecule has 0 bridgehead atoms. The summed E-state index contributed by atoms with van der Waals surface area (Å²) in [6.45, 7) is 5.73. The van der Waals surface area contributed by atoms with Crippen LogP contribution in [0.1, 0.15) is 25.8 Å². The van der Waals surface area contributed by atoms with E-state index in [-0.39, 0.29) is 0 Å². The van der Waals surface area contributed by atoms with Gasteiger partial charge in [0.1, 0.15) is 0 Å². The summed E-state index contributed by atoms with van der Waals surface area (Å²) in [6.07, 6.45) is 3.32. The summed E-state index contributed by atoms with van der Waals surface area (Å²) < 4.78 is 6.89. The molecule has 0 spiro atoms. The third-order valence-corrected chi connectivity index (χ3v) is 2.70. The third kappa shape index (κ3) is 5.47. The molecule has 0 saturated carbocycles. The van der Waals surface area contributed by atoms with Crippen molar-refractivity contribution in [2.24, 2.45) is 5.92 Å². The van der Waals surface area contributed by atoms with Crippen molar-refractivity contribution in [2.75, 3.05) is 6.61 Å². The summed E-state index contributed by atoms with van der Waals surface area (Å²) in [6, 6.07) is 10.3. The summed E-state index contributed by atoms with van der Waals surface area (Å²) in [5.41, 5.74) is 1.23. The van der Waals surface area contributed by atoms with Gasteiger partial charge in [0.25, 0.3) is 0 Å². The van der Waals surface area contributed by atoms with E-state index in [0.29, 0.717) is 12.5 Å². The minimum absolute atomic E-state index is 0.503. The van der Waals surface area contributed by atoms with Crippen LogP contribution >= 0.6 is 15.9 Å². The van der Waals surface area contributed by atoms with Crippen LogP contribution in [-0.2, 0) is 11.3 Å². The van der Waals surface area contributed by atoms with Gasteiger partial charge >= 0.3 is 0 Å². The van der Waals surface area contributed by atoms with Gasteiger partial charge in [-0.1, -0.05) is 59.3 Å². The van der Waals surface area contributed by atoms with E-state index in [1.165, 1.54) is 10.0 Å². The monoisotopic (exact) mass is 282 g/mol. The van der Waals surface area contributed by atoms with Crippen molar-refractivity contribution >= 4 is 15.9 Å². The fourth-order valence-corrected chi connectivity index (χ4v) is 1.88. The second kappa shape index (κ2) is 7.64. The van der Waals surface area contributed by atoms with Gasteiger partial charge in [-0.25, -0.2) is 0 Å². The van der Waals surface area contributed by atoms with Crippen LogP contribution in [0.2, 0.25) is 0 Å². The molecule has 0 N–H and O–H groups in total. The highest BCUT2D eigenvalue weighted by Gasteiger charge is 2.03. The Morgan fingerprint density at radius 3 is 2.62 bits per heavy atom. The van der Waals surface area contributed by atoms with Gasteiger partial charge in [0.05, 0.1) is 13.2 Å². The first-order valence-corrected chi connectivity index (χ1v) is 6.47. The first-order valence-electron chi connectivity index (χ1n) is 5.68. The van der Waals surface area contributed by atoms with Crippen LogP contribution in [0.5, 0.6) is 0 Å². The van der Waals surface area contributed by atoms with E-state index >= 15 is 0 Å². The molecular weight excluding hydrogens is 264 g/mol. The normalized spacial score (nSPS) is 13.8. The van der Waals surface area contributed by atoms with Gasteiger partial charge < -0.3 is 4.74 Å². The largest absolute Gasteiger partial charge is 0.376 e. The second-order valence-corrected chi connectivity index (χ2v) is 5.17. The molecule has 2 heteroatoms. The molecule has 0 aliphatic rings. The van der Waals surface area contributed by atoms with Crippen molar-refractivity contribution in [3.8, 4) is 0 Å². The lowest BCUT2D eigenvalue weighted by molar-refractivity contribution is 0.0984. The fourth-order valence-electron chi connectivity index (χ4n) is 1.51. The fraction of sp³-hybridized carbons (Fsp3) is 0.429. The number of hydrogen-bond acceptors (Lipinski definition) is 1. The lowest BCUT2D eigenvalue weighted by Gasteiger charge is -2.11. The van der Waals surface area contributed by atoms with E-state index in [4.69, 9.17) is 4.74 Å². The number of rotatable bonds is 6. The molecule has 0 saturated heterocycles. The van der Waals surface area contributed by atoms with Crippen LogP contribution in [0.3, 0.4) is 0 Å². The molecular formula is C14H19BrO. The highest BCUT2D eigenvalue weighted by Crippen LogP contribution is 2.13. The molecule has 1 aromatic carbocycles. The standard InChI is InChI=1S/C14H19BrO/c1-3-13(9-12(2)15)10-16-11-14-7-5-4-6-8-14/h4-9,13H,3,10-11H2,1-2H3/b12-9-/t13-/m1/s1. The molecule has 0 radical (unpaired) electrons. The van der Waals surface area contributed by atoms with E-state index in [2.05, 4.69) is 48.0 Å². The number of halogens is 1. The molecule has 0 unspecified atom stereocenters.